The molecule has 6 rings (SSSR count). The standard InChI is InChI=1S/C48H56O4S5/c1-9-33(5)49-37-13-21-41(22-14-37)56(42-23-15-38(16-24-42)50-34(6)10-2)47-31-29-45(54-47)53-46-30-32-48(55-46)57(43-25-17-39(18-26-43)51-35(7)11-3)44-27-19-40(20-28-44)52-36(8)12-4/h13-36H,9-12H2,1-8H3/q+2. The average molecular weight is 857 g/mol. The fourth-order valence-corrected chi connectivity index (χ4v) is 14.8. The van der Waals surface area contributed by atoms with Gasteiger partial charge in [-0.3, -0.25) is 0 Å². The smallest absolute Gasteiger partial charge is 0.221 e. The lowest BCUT2D eigenvalue weighted by molar-refractivity contribution is 0.217. The minimum Gasteiger partial charge on any atom is -0.491 e. The predicted molar refractivity (Wildman–Crippen MR) is 244 cm³/mol. The molecule has 0 aliphatic carbocycles. The summed E-state index contributed by atoms with van der Waals surface area (Å²) >= 11 is 5.62. The quantitative estimate of drug-likeness (QED) is 0.0715. The van der Waals surface area contributed by atoms with Crippen LogP contribution in [0, 0.1) is 0 Å². The fraction of sp³-hybridized carbons (Fsp3) is 0.333. The molecule has 0 saturated heterocycles. The highest BCUT2D eigenvalue weighted by Crippen LogP contribution is 2.45. The Morgan fingerprint density at radius 2 is 0.632 bits per heavy atom. The molecule has 0 bridgehead atoms. The highest BCUT2D eigenvalue weighted by molar-refractivity contribution is 8.04. The Kier molecular flexibility index (Phi) is 15.9. The van der Waals surface area contributed by atoms with Crippen LogP contribution in [-0.4, -0.2) is 24.4 Å². The molecule has 4 aromatic carbocycles. The summed E-state index contributed by atoms with van der Waals surface area (Å²) in [7, 11) is -0.569. The van der Waals surface area contributed by atoms with Crippen molar-refractivity contribution in [1.29, 1.82) is 0 Å². The van der Waals surface area contributed by atoms with Crippen molar-refractivity contribution in [2.75, 3.05) is 0 Å². The molecule has 0 saturated carbocycles. The van der Waals surface area contributed by atoms with Crippen LogP contribution in [-0.2, 0) is 21.8 Å². The van der Waals surface area contributed by atoms with Gasteiger partial charge in [0.05, 0.1) is 32.8 Å². The Labute approximate surface area is 359 Å². The molecule has 9 heteroatoms. The van der Waals surface area contributed by atoms with Gasteiger partial charge in [-0.2, -0.15) is 0 Å². The molecule has 0 amide bonds. The summed E-state index contributed by atoms with van der Waals surface area (Å²) in [6.45, 7) is 17.1. The maximum Gasteiger partial charge on any atom is 0.221 e. The van der Waals surface area contributed by atoms with E-state index in [1.807, 2.05) is 34.4 Å². The van der Waals surface area contributed by atoms with E-state index in [0.29, 0.717) is 0 Å². The molecule has 0 fully saturated rings. The lowest BCUT2D eigenvalue weighted by atomic mass is 10.3. The number of thiophene rings is 2. The second-order valence-corrected chi connectivity index (χ2v) is 22.4. The van der Waals surface area contributed by atoms with Gasteiger partial charge in [-0.1, -0.05) is 62.1 Å². The summed E-state index contributed by atoms with van der Waals surface area (Å²) in [4.78, 5) is 5.07. The van der Waals surface area contributed by atoms with Crippen LogP contribution in [0.3, 0.4) is 0 Å². The number of rotatable bonds is 20. The zero-order chi connectivity index (χ0) is 40.3. The van der Waals surface area contributed by atoms with Gasteiger partial charge in [0.25, 0.3) is 0 Å². The molecule has 4 atom stereocenters. The monoisotopic (exact) mass is 856 g/mol. The van der Waals surface area contributed by atoms with Crippen LogP contribution in [0.15, 0.2) is 158 Å². The third kappa shape index (κ3) is 11.8. The summed E-state index contributed by atoms with van der Waals surface area (Å²) in [5.74, 6) is 3.65. The van der Waals surface area contributed by atoms with Crippen molar-refractivity contribution in [2.24, 2.45) is 0 Å². The minimum atomic E-state index is -0.284. The minimum absolute atomic E-state index is 0.182. The van der Waals surface area contributed by atoms with E-state index in [9.17, 15) is 0 Å². The van der Waals surface area contributed by atoms with Crippen molar-refractivity contribution in [3.05, 3.63) is 121 Å². The molecule has 0 aliphatic heterocycles. The third-order valence-electron chi connectivity index (χ3n) is 9.60. The highest BCUT2D eigenvalue weighted by Gasteiger charge is 2.33. The van der Waals surface area contributed by atoms with Gasteiger partial charge in [0, 0.05) is 12.1 Å². The van der Waals surface area contributed by atoms with Gasteiger partial charge in [0.2, 0.25) is 8.42 Å². The molecule has 57 heavy (non-hydrogen) atoms. The molecular weight excluding hydrogens is 801 g/mol. The molecule has 4 unspecified atom stereocenters. The van der Waals surface area contributed by atoms with Crippen LogP contribution < -0.4 is 18.9 Å². The predicted octanol–water partition coefficient (Wildman–Crippen LogP) is 14.9. The van der Waals surface area contributed by atoms with Gasteiger partial charge >= 0.3 is 0 Å². The lowest BCUT2D eigenvalue weighted by Crippen LogP contribution is -2.10. The van der Waals surface area contributed by atoms with Gasteiger partial charge in [-0.15, -0.1) is 0 Å². The van der Waals surface area contributed by atoms with Crippen LogP contribution in [0.4, 0.5) is 0 Å². The number of ether oxygens (including phenoxy) is 4. The van der Waals surface area contributed by atoms with Crippen molar-refractivity contribution < 1.29 is 18.9 Å². The van der Waals surface area contributed by atoms with Gasteiger partial charge in [0.1, 0.15) is 44.8 Å². The SMILES string of the molecule is CCC(C)Oc1ccc([S+](c2ccc(OC(C)CC)cc2)c2ccc(Sc3ccc([S+](c4ccc(OC(C)CC)cc4)c4ccc(OC(C)CC)cc4)s3)s2)cc1. The van der Waals surface area contributed by atoms with E-state index < -0.39 is 0 Å². The van der Waals surface area contributed by atoms with Crippen LogP contribution in [0.25, 0.3) is 0 Å². The van der Waals surface area contributed by atoms with Gasteiger partial charge in [0.15, 0.2) is 19.6 Å². The topological polar surface area (TPSA) is 36.9 Å². The van der Waals surface area contributed by atoms with Crippen LogP contribution in [0.1, 0.15) is 81.1 Å². The largest absolute Gasteiger partial charge is 0.491 e. The zero-order valence-electron chi connectivity index (χ0n) is 34.4. The van der Waals surface area contributed by atoms with Gasteiger partial charge in [-0.05, 0) is 163 Å². The Morgan fingerprint density at radius 3 is 0.860 bits per heavy atom. The van der Waals surface area contributed by atoms with E-state index in [-0.39, 0.29) is 46.2 Å². The van der Waals surface area contributed by atoms with Crippen LogP contribution >= 0.6 is 34.4 Å². The Morgan fingerprint density at radius 1 is 0.386 bits per heavy atom. The Hall–Kier alpha value is -3.47. The zero-order valence-corrected chi connectivity index (χ0v) is 38.4. The average Bonchev–Trinajstić information content (AvgIpc) is 3.90. The van der Waals surface area contributed by atoms with Crippen molar-refractivity contribution in [2.45, 2.75) is 142 Å². The first-order chi connectivity index (χ1) is 27.7. The maximum absolute atomic E-state index is 6.14. The Bertz CT molecular complexity index is 1830. The van der Waals surface area contributed by atoms with Gasteiger partial charge < -0.3 is 18.9 Å². The van der Waals surface area contributed by atoms with Gasteiger partial charge in [-0.25, -0.2) is 0 Å². The van der Waals surface area contributed by atoms with E-state index in [0.717, 1.165) is 48.7 Å². The van der Waals surface area contributed by atoms with Crippen LogP contribution in [0.2, 0.25) is 0 Å². The third-order valence-corrected chi connectivity index (χ3v) is 18.2. The number of benzene rings is 4. The maximum atomic E-state index is 6.14. The number of hydrogen-bond donors (Lipinski definition) is 0. The molecule has 2 aromatic heterocycles. The molecule has 0 N–H and O–H groups in total. The summed E-state index contributed by atoms with van der Waals surface area (Å²) in [6.07, 6.45) is 4.62. The second-order valence-electron chi connectivity index (χ2n) is 14.1. The van der Waals surface area contributed by atoms with Crippen LogP contribution in [0.5, 0.6) is 23.0 Å². The molecule has 0 radical (unpaired) electrons. The first-order valence-corrected chi connectivity index (χ1v) is 25.0. The molecule has 0 spiro atoms. The van der Waals surface area contributed by atoms with E-state index in [4.69, 9.17) is 18.9 Å². The first kappa shape index (κ1) is 43.1. The summed E-state index contributed by atoms with van der Waals surface area (Å²) < 4.78 is 29.8. The van der Waals surface area contributed by atoms with Crippen molar-refractivity contribution in [1.82, 2.24) is 0 Å². The number of hydrogen-bond acceptors (Lipinski definition) is 7. The molecular formula is C48H56O4S5+2. The Balaban J connectivity index is 1.27. The summed E-state index contributed by atoms with van der Waals surface area (Å²) in [6, 6.07) is 44.0. The van der Waals surface area contributed by atoms with E-state index in [2.05, 4.69) is 177 Å². The van der Waals surface area contributed by atoms with E-state index in [1.54, 1.807) is 0 Å². The normalized spacial score (nSPS) is 14.6. The van der Waals surface area contributed by atoms with Crippen molar-refractivity contribution >= 4 is 56.2 Å². The summed E-state index contributed by atoms with van der Waals surface area (Å²) in [5.41, 5.74) is 0. The molecule has 300 valence electrons. The molecule has 2 heterocycles. The summed E-state index contributed by atoms with van der Waals surface area (Å²) in [5, 5.41) is 0. The van der Waals surface area contributed by atoms with Crippen molar-refractivity contribution in [3.8, 4) is 23.0 Å². The highest BCUT2D eigenvalue weighted by atomic mass is 32.2. The van der Waals surface area contributed by atoms with Crippen molar-refractivity contribution in [3.63, 3.8) is 0 Å². The first-order valence-electron chi connectivity index (χ1n) is 20.1. The molecule has 4 nitrogen and oxygen atoms in total. The molecule has 6 aromatic rings. The lowest BCUT2D eigenvalue weighted by Gasteiger charge is -2.14. The van der Waals surface area contributed by atoms with E-state index >= 15 is 0 Å². The molecule has 0 aliphatic rings. The second kappa shape index (κ2) is 21.0. The fourth-order valence-electron chi connectivity index (χ4n) is 5.65. The van der Waals surface area contributed by atoms with E-state index in [1.165, 1.54) is 36.4 Å².